The number of alkyl carbamates (subject to hydrolysis) is 1. The van der Waals surface area contributed by atoms with Crippen LogP contribution in [0.1, 0.15) is 233 Å². The predicted molar refractivity (Wildman–Crippen MR) is 460 cm³/mol. The molecule has 0 heterocycles. The van der Waals surface area contributed by atoms with Crippen LogP contribution in [0.15, 0.2) is 73.9 Å². The third kappa shape index (κ3) is 58.1. The Balaban J connectivity index is -0.000000430. The molecule has 0 spiro atoms. The van der Waals surface area contributed by atoms with Gasteiger partial charge in [-0.3, -0.25) is 38.4 Å². The number of hydrogen-bond donors (Lipinski definition) is 5. The molecule has 32 nitrogen and oxygen atoms in total. The summed E-state index contributed by atoms with van der Waals surface area (Å²) in [4.78, 5) is 146. The fourth-order valence-corrected chi connectivity index (χ4v) is 8.86. The number of esters is 8. The van der Waals surface area contributed by atoms with Gasteiger partial charge in [0.05, 0.1) is 72.4 Å². The normalized spacial score (nSPS) is 15.2. The molecule has 1 aromatic carbocycles. The third-order valence-corrected chi connectivity index (χ3v) is 19.4. The Kier molecular flexibility index (Phi) is 70.3. The zero-order valence-corrected chi connectivity index (χ0v) is 76.5. The van der Waals surface area contributed by atoms with Gasteiger partial charge in [0, 0.05) is 80.3 Å². The summed E-state index contributed by atoms with van der Waals surface area (Å²) in [6, 6.07) is 15.3. The molecule has 1 aromatic rings. The number of fused-ring (bicyclic) bond motifs is 2. The Morgan fingerprint density at radius 2 is 0.934 bits per heavy atom. The van der Waals surface area contributed by atoms with Crippen molar-refractivity contribution in [3.05, 3.63) is 85.0 Å². The van der Waals surface area contributed by atoms with Crippen molar-refractivity contribution in [3.63, 3.8) is 0 Å². The Morgan fingerprint density at radius 1 is 0.492 bits per heavy atom. The van der Waals surface area contributed by atoms with Crippen molar-refractivity contribution in [2.45, 2.75) is 240 Å². The van der Waals surface area contributed by atoms with Crippen LogP contribution < -0.4 is 26.6 Å². The number of nitriles is 4. The molecule has 10 atom stereocenters. The Hall–Kier alpha value is -11.0. The van der Waals surface area contributed by atoms with Crippen molar-refractivity contribution in [2.75, 3.05) is 86.1 Å². The quantitative estimate of drug-likeness (QED) is 0.0175. The number of carbonyl (C=O) groups is 13. The number of nitrogens with one attached hydrogen (secondary N) is 5. The SMILES string of the molecule is C/C=C/C(=O)OCCOC(=O)C(C)(C)CC.C=C(C)C(=O)NCCNC(=O)C(C)(C)CC.C=CC(=O)OCCNC(=O)OCCOC(=O)C(C)CC.C=CC(=O)OCCOC(=O)C(C)(CC)OC.CCC(C)C(=O)NCCC#N.CCC(C)C(=O)NCCC#N.CCC(C)C(=O)OC1CC2CC1CC2C#N.CCC(C)C(=O)OCc1ccc(C#N)cc1. The molecule has 2 aliphatic rings. The van der Waals surface area contributed by atoms with Crippen molar-refractivity contribution in [3.8, 4) is 24.3 Å². The van der Waals surface area contributed by atoms with Crippen LogP contribution in [0.4, 0.5) is 4.79 Å². The lowest BCUT2D eigenvalue weighted by atomic mass is 9.88. The maximum atomic E-state index is 11.7. The number of allylic oxidation sites excluding steroid dienone is 1. The molecule has 32 heteroatoms. The number of carbonyl (C=O) groups excluding carboxylic acids is 13. The van der Waals surface area contributed by atoms with Crippen molar-refractivity contribution in [1.82, 2.24) is 26.6 Å². The first-order chi connectivity index (χ1) is 57.5. The smallest absolute Gasteiger partial charge is 0.407 e. The number of methoxy groups -OCH3 is 1. The second-order valence-electron chi connectivity index (χ2n) is 29.8. The highest BCUT2D eigenvalue weighted by molar-refractivity contribution is 5.92. The predicted octanol–water partition coefficient (Wildman–Crippen LogP) is 12.7. The third-order valence-electron chi connectivity index (χ3n) is 19.4. The molecule has 10 unspecified atom stereocenters. The molecule has 686 valence electrons. The summed E-state index contributed by atoms with van der Waals surface area (Å²) in [5, 5.41) is 47.0. The number of hydrogen-bond acceptors (Lipinski definition) is 27. The van der Waals surface area contributed by atoms with Crippen LogP contribution in [0.2, 0.25) is 0 Å². The van der Waals surface area contributed by atoms with E-state index in [2.05, 4.69) is 61.9 Å². The van der Waals surface area contributed by atoms with Gasteiger partial charge in [0.25, 0.3) is 0 Å². The van der Waals surface area contributed by atoms with Crippen LogP contribution in [0.3, 0.4) is 0 Å². The first-order valence-corrected chi connectivity index (χ1v) is 41.6. The molecule has 0 radical (unpaired) electrons. The summed E-state index contributed by atoms with van der Waals surface area (Å²) in [6.07, 6.45) is 14.1. The van der Waals surface area contributed by atoms with Gasteiger partial charge in [0.2, 0.25) is 23.6 Å². The van der Waals surface area contributed by atoms with E-state index in [9.17, 15) is 62.3 Å². The molecule has 2 bridgehead atoms. The lowest BCUT2D eigenvalue weighted by molar-refractivity contribution is -0.170. The standard InChI is InChI=1S/C13H21NO6.C13H19NO2.C13H15NO2.C12H22N2O2.C12H20O4.C11H18O5.2C8H14N2O/c1-4-10(3)12(16)19-8-9-20-13(17)14-6-7-18-11(15)5-2;1-3-8(2)13(15)16-12-6-9-4-10(12)5-11(9)7-14;1-3-10(2)13(15)16-9-12-6-4-11(8-14)5-7-12;1-6-12(4,5)11(16)14-8-7-13-10(15)9(2)3;1-5-7-10(13)15-8-9-16-11(14)12(3,4)6-2;1-5-9(12)15-7-8-16-10(13)11(3,6-2)14-4;2*1-3-7(2)8(11)10-6-4-5-9/h5,10H,2,4,6-9H2,1,3H3,(H,14,17);8-12H,3-6H2,1-2H3;4-7,10H,3,9H2,1-2H3;2,6-8H2,1,3-5H3,(H,13,15)(H,14,16);5,7H,6,8-9H2,1-4H3;5H,1,6-8H2,2-4H3;2*7H,3-4,6H2,1-2H3,(H,10,11)/b;;;;7-5+;;;. The molecule has 5 amide bonds. The van der Waals surface area contributed by atoms with Gasteiger partial charge in [0.15, 0.2) is 5.60 Å². The number of amides is 5. The Labute approximate surface area is 725 Å². The first-order valence-electron chi connectivity index (χ1n) is 41.6. The van der Waals surface area contributed by atoms with Gasteiger partial charge in [-0.1, -0.05) is 142 Å². The molecule has 0 aromatic heterocycles. The van der Waals surface area contributed by atoms with Crippen LogP contribution in [-0.4, -0.2) is 175 Å². The maximum Gasteiger partial charge on any atom is 0.407 e. The van der Waals surface area contributed by atoms with Crippen molar-refractivity contribution in [2.24, 2.45) is 58.2 Å². The molecule has 3 rings (SSSR count). The zero-order chi connectivity index (χ0) is 94.4. The van der Waals surface area contributed by atoms with Crippen LogP contribution in [0.25, 0.3) is 0 Å². The number of ether oxygens (including phenoxy) is 10. The molecule has 2 aliphatic carbocycles. The summed E-state index contributed by atoms with van der Waals surface area (Å²) in [6.45, 7) is 49.7. The monoisotopic (exact) mass is 1720 g/mol. The second-order valence-corrected chi connectivity index (χ2v) is 29.8. The van der Waals surface area contributed by atoms with Gasteiger partial charge in [-0.25, -0.2) is 24.0 Å². The van der Waals surface area contributed by atoms with Crippen LogP contribution in [0.5, 0.6) is 0 Å². The summed E-state index contributed by atoms with van der Waals surface area (Å²) >= 11 is 0. The Bertz CT molecular complexity index is 3490. The van der Waals surface area contributed by atoms with E-state index in [4.69, 9.17) is 58.9 Å². The van der Waals surface area contributed by atoms with Crippen molar-refractivity contribution in [1.29, 1.82) is 21.0 Å². The fraction of sp³-hybridized carbons (Fsp3) is 0.656. The summed E-state index contributed by atoms with van der Waals surface area (Å²) in [5.74, 6) is -1.83. The van der Waals surface area contributed by atoms with E-state index >= 15 is 0 Å². The maximum absolute atomic E-state index is 11.7. The van der Waals surface area contributed by atoms with Gasteiger partial charge in [-0.05, 0) is 135 Å². The lowest BCUT2D eigenvalue weighted by Crippen LogP contribution is -2.40. The van der Waals surface area contributed by atoms with E-state index in [1.165, 1.54) is 13.2 Å². The average Bonchev–Trinajstić information content (AvgIpc) is 1.64. The molecule has 2 fully saturated rings. The molecule has 0 aliphatic heterocycles. The molecule has 122 heavy (non-hydrogen) atoms. The van der Waals surface area contributed by atoms with Crippen molar-refractivity contribution < 1.29 is 110 Å². The van der Waals surface area contributed by atoms with Gasteiger partial charge in [0.1, 0.15) is 59.0 Å². The van der Waals surface area contributed by atoms with Crippen molar-refractivity contribution >= 4 is 77.5 Å². The minimum atomic E-state index is -0.942. The minimum Gasteiger partial charge on any atom is -0.462 e. The highest BCUT2D eigenvalue weighted by Gasteiger charge is 2.48. The van der Waals surface area contributed by atoms with Gasteiger partial charge >= 0.3 is 53.8 Å². The molecular formula is C90H143N9O23. The summed E-state index contributed by atoms with van der Waals surface area (Å²) < 4.78 is 49.3. The van der Waals surface area contributed by atoms with E-state index < -0.39 is 41.0 Å². The van der Waals surface area contributed by atoms with Crippen LogP contribution in [0, 0.1) is 103 Å². The highest BCUT2D eigenvalue weighted by atomic mass is 16.6. The number of benzene rings is 1. The van der Waals surface area contributed by atoms with Crippen LogP contribution in [-0.2, 0) is 112 Å². The minimum absolute atomic E-state index is 0.00545. The Morgan fingerprint density at radius 3 is 1.35 bits per heavy atom. The number of nitrogens with zero attached hydrogens (tertiary/aromatic N) is 4. The van der Waals surface area contributed by atoms with E-state index in [-0.39, 0.29) is 154 Å². The molecule has 5 N–H and O–H groups in total. The molecular weight excluding hydrogens is 1580 g/mol. The summed E-state index contributed by atoms with van der Waals surface area (Å²) in [5.41, 5.74) is 0.210. The number of rotatable bonds is 43. The largest absolute Gasteiger partial charge is 0.462 e. The van der Waals surface area contributed by atoms with Gasteiger partial charge in [-0.15, -0.1) is 0 Å². The van der Waals surface area contributed by atoms with Gasteiger partial charge in [-0.2, -0.15) is 21.0 Å². The van der Waals surface area contributed by atoms with E-state index in [0.29, 0.717) is 81.3 Å². The van der Waals surface area contributed by atoms with E-state index in [0.717, 1.165) is 69.1 Å². The highest BCUT2D eigenvalue weighted by Crippen LogP contribution is 2.49. The van der Waals surface area contributed by atoms with E-state index in [1.54, 1.807) is 58.0 Å². The van der Waals surface area contributed by atoms with E-state index in [1.807, 2.05) is 129 Å². The fourth-order valence-electron chi connectivity index (χ4n) is 8.86. The summed E-state index contributed by atoms with van der Waals surface area (Å²) in [7, 11) is 1.45. The second kappa shape index (κ2) is 71.7. The lowest BCUT2D eigenvalue weighted by Gasteiger charge is -2.25. The molecule has 2 saturated carbocycles. The van der Waals surface area contributed by atoms with Crippen LogP contribution >= 0.6 is 0 Å². The first kappa shape index (κ1) is 120. The van der Waals surface area contributed by atoms with Gasteiger partial charge < -0.3 is 74.0 Å². The zero-order valence-electron chi connectivity index (χ0n) is 76.5. The average molecular weight is 1720 g/mol. The molecule has 0 saturated heterocycles. The topological polar surface area (TPSA) is 470 Å².